The van der Waals surface area contributed by atoms with Gasteiger partial charge in [0.15, 0.2) is 0 Å². The first kappa shape index (κ1) is 15.3. The van der Waals surface area contributed by atoms with E-state index in [-0.39, 0.29) is 16.8 Å². The molecule has 0 heterocycles. The lowest BCUT2D eigenvalue weighted by atomic mass is 10.1. The van der Waals surface area contributed by atoms with Gasteiger partial charge in [0, 0.05) is 18.2 Å². The van der Waals surface area contributed by atoms with Crippen molar-refractivity contribution in [3.63, 3.8) is 0 Å². The van der Waals surface area contributed by atoms with Crippen molar-refractivity contribution in [3.8, 4) is 11.5 Å². The Bertz CT molecular complexity index is 644. The van der Waals surface area contributed by atoms with Crippen LogP contribution in [-0.4, -0.2) is 12.0 Å². The highest BCUT2D eigenvalue weighted by Crippen LogP contribution is 2.32. The lowest BCUT2D eigenvalue weighted by Gasteiger charge is -2.12. The summed E-state index contributed by atoms with van der Waals surface area (Å²) in [4.78, 5) is 10.2. The summed E-state index contributed by atoms with van der Waals surface area (Å²) in [5.41, 5.74) is 1.07. The molecule has 1 atom stereocenters. The monoisotopic (exact) mass is 306 g/mol. The van der Waals surface area contributed by atoms with Crippen molar-refractivity contribution in [3.05, 3.63) is 63.2 Å². The summed E-state index contributed by atoms with van der Waals surface area (Å²) >= 11 is 5.99. The van der Waals surface area contributed by atoms with Gasteiger partial charge >= 0.3 is 0 Å². The molecule has 2 rings (SSSR count). The summed E-state index contributed by atoms with van der Waals surface area (Å²) in [6, 6.07) is 12.0. The van der Waals surface area contributed by atoms with Crippen molar-refractivity contribution >= 4 is 17.3 Å². The highest BCUT2D eigenvalue weighted by atomic mass is 35.5. The van der Waals surface area contributed by atoms with E-state index in [4.69, 9.17) is 16.3 Å². The molecule has 0 saturated heterocycles. The number of ether oxygens (including phenoxy) is 1. The summed E-state index contributed by atoms with van der Waals surface area (Å²) in [5, 5.41) is 14.0. The zero-order chi connectivity index (χ0) is 15.4. The van der Waals surface area contributed by atoms with Gasteiger partial charge in [0.25, 0.3) is 5.69 Å². The first-order chi connectivity index (χ1) is 10.0. The van der Waals surface area contributed by atoms with E-state index in [0.29, 0.717) is 11.5 Å². The molecule has 0 aliphatic rings. The van der Waals surface area contributed by atoms with Crippen LogP contribution in [0.4, 0.5) is 5.69 Å². The Balaban J connectivity index is 2.16. The standard InChI is InChI=1S/C15H15ClN2O3/c1-10(17-2)11-3-6-13(7-4-11)21-15-8-5-12(18(19)20)9-14(15)16/h3-10,17H,1-2H3. The normalized spacial score (nSPS) is 12.0. The molecule has 1 N–H and O–H groups in total. The van der Waals surface area contributed by atoms with Crippen LogP contribution < -0.4 is 10.1 Å². The number of nitrogens with one attached hydrogen (secondary N) is 1. The van der Waals surface area contributed by atoms with Crippen molar-refractivity contribution in [2.24, 2.45) is 0 Å². The van der Waals surface area contributed by atoms with Crippen molar-refractivity contribution in [1.29, 1.82) is 0 Å². The second-order valence-corrected chi connectivity index (χ2v) is 4.96. The Morgan fingerprint density at radius 2 is 1.90 bits per heavy atom. The summed E-state index contributed by atoms with van der Waals surface area (Å²) < 4.78 is 5.64. The van der Waals surface area contributed by atoms with E-state index >= 15 is 0 Å². The first-order valence-electron chi connectivity index (χ1n) is 6.40. The molecular formula is C15H15ClN2O3. The van der Waals surface area contributed by atoms with E-state index in [2.05, 4.69) is 12.2 Å². The number of nitro benzene ring substituents is 1. The number of halogens is 1. The van der Waals surface area contributed by atoms with Crippen molar-refractivity contribution in [2.75, 3.05) is 7.05 Å². The summed E-state index contributed by atoms with van der Waals surface area (Å²) in [6.07, 6.45) is 0. The molecule has 0 bridgehead atoms. The summed E-state index contributed by atoms with van der Waals surface area (Å²) in [6.45, 7) is 2.06. The minimum atomic E-state index is -0.496. The third kappa shape index (κ3) is 3.71. The van der Waals surface area contributed by atoms with Crippen molar-refractivity contribution < 1.29 is 9.66 Å². The third-order valence-electron chi connectivity index (χ3n) is 3.17. The molecule has 0 radical (unpaired) electrons. The maximum Gasteiger partial charge on any atom is 0.271 e. The predicted octanol–water partition coefficient (Wildman–Crippen LogP) is 4.32. The molecule has 21 heavy (non-hydrogen) atoms. The molecule has 1 unspecified atom stereocenters. The van der Waals surface area contributed by atoms with Crippen LogP contribution in [0.1, 0.15) is 18.5 Å². The molecular weight excluding hydrogens is 292 g/mol. The van der Waals surface area contributed by atoms with Crippen LogP contribution in [0.5, 0.6) is 11.5 Å². The van der Waals surface area contributed by atoms with E-state index in [9.17, 15) is 10.1 Å². The highest BCUT2D eigenvalue weighted by molar-refractivity contribution is 6.32. The van der Waals surface area contributed by atoms with Crippen LogP contribution in [0.3, 0.4) is 0 Å². The van der Waals surface area contributed by atoms with Gasteiger partial charge in [0.2, 0.25) is 0 Å². The first-order valence-corrected chi connectivity index (χ1v) is 6.78. The van der Waals surface area contributed by atoms with Gasteiger partial charge in [0.1, 0.15) is 11.5 Å². The predicted molar refractivity (Wildman–Crippen MR) is 82.1 cm³/mol. The third-order valence-corrected chi connectivity index (χ3v) is 3.46. The minimum Gasteiger partial charge on any atom is -0.456 e. The molecule has 0 saturated carbocycles. The fourth-order valence-electron chi connectivity index (χ4n) is 1.80. The van der Waals surface area contributed by atoms with Crippen LogP contribution >= 0.6 is 11.6 Å². The average molecular weight is 307 g/mol. The fourth-order valence-corrected chi connectivity index (χ4v) is 2.02. The number of non-ortho nitro benzene ring substituents is 1. The second kappa shape index (κ2) is 6.56. The molecule has 5 nitrogen and oxygen atoms in total. The van der Waals surface area contributed by atoms with Gasteiger partial charge < -0.3 is 10.1 Å². The molecule has 0 spiro atoms. The lowest BCUT2D eigenvalue weighted by molar-refractivity contribution is -0.384. The lowest BCUT2D eigenvalue weighted by Crippen LogP contribution is -2.11. The second-order valence-electron chi connectivity index (χ2n) is 4.55. The zero-order valence-corrected chi connectivity index (χ0v) is 12.4. The zero-order valence-electron chi connectivity index (χ0n) is 11.7. The maximum atomic E-state index is 10.7. The van der Waals surface area contributed by atoms with Gasteiger partial charge in [-0.05, 0) is 37.7 Å². The Kier molecular flexibility index (Phi) is 4.77. The number of rotatable bonds is 5. The van der Waals surface area contributed by atoms with Crippen LogP contribution in [0.25, 0.3) is 0 Å². The van der Waals surface area contributed by atoms with Gasteiger partial charge in [-0.25, -0.2) is 0 Å². The van der Waals surface area contributed by atoms with Gasteiger partial charge in [-0.15, -0.1) is 0 Å². The quantitative estimate of drug-likeness (QED) is 0.660. The molecule has 110 valence electrons. The van der Waals surface area contributed by atoms with Crippen LogP contribution in [0.2, 0.25) is 5.02 Å². The Morgan fingerprint density at radius 3 is 2.43 bits per heavy atom. The number of nitrogens with zero attached hydrogens (tertiary/aromatic N) is 1. The van der Waals surface area contributed by atoms with Gasteiger partial charge in [-0.3, -0.25) is 10.1 Å². The van der Waals surface area contributed by atoms with Crippen LogP contribution in [-0.2, 0) is 0 Å². The van der Waals surface area contributed by atoms with E-state index < -0.39 is 4.92 Å². The van der Waals surface area contributed by atoms with E-state index in [1.54, 1.807) is 0 Å². The van der Waals surface area contributed by atoms with Crippen molar-refractivity contribution in [1.82, 2.24) is 5.32 Å². The average Bonchev–Trinajstić information content (AvgIpc) is 2.49. The molecule has 6 heteroatoms. The maximum absolute atomic E-state index is 10.7. The fraction of sp³-hybridized carbons (Fsp3) is 0.200. The number of hydrogen-bond donors (Lipinski definition) is 1. The van der Waals surface area contributed by atoms with E-state index in [0.717, 1.165) is 5.56 Å². The molecule has 0 amide bonds. The van der Waals surface area contributed by atoms with Gasteiger partial charge in [-0.1, -0.05) is 23.7 Å². The van der Waals surface area contributed by atoms with Gasteiger partial charge in [0.05, 0.1) is 9.95 Å². The van der Waals surface area contributed by atoms with E-state index in [1.165, 1.54) is 18.2 Å². The molecule has 0 aliphatic carbocycles. The largest absolute Gasteiger partial charge is 0.456 e. The Morgan fingerprint density at radius 1 is 1.24 bits per heavy atom. The number of benzene rings is 2. The minimum absolute atomic E-state index is 0.0643. The van der Waals surface area contributed by atoms with Crippen molar-refractivity contribution in [2.45, 2.75) is 13.0 Å². The van der Waals surface area contributed by atoms with Gasteiger partial charge in [-0.2, -0.15) is 0 Å². The highest BCUT2D eigenvalue weighted by Gasteiger charge is 2.11. The Hall–Kier alpha value is -2.11. The summed E-state index contributed by atoms with van der Waals surface area (Å²) in [7, 11) is 1.89. The Labute approximate surface area is 127 Å². The molecule has 0 aromatic heterocycles. The molecule has 0 fully saturated rings. The molecule has 2 aromatic rings. The summed E-state index contributed by atoms with van der Waals surface area (Å²) in [5.74, 6) is 1.01. The topological polar surface area (TPSA) is 64.4 Å². The SMILES string of the molecule is CNC(C)c1ccc(Oc2ccc([N+](=O)[O-])cc2Cl)cc1. The molecule has 2 aromatic carbocycles. The van der Waals surface area contributed by atoms with Crippen LogP contribution in [0, 0.1) is 10.1 Å². The smallest absolute Gasteiger partial charge is 0.271 e. The van der Waals surface area contributed by atoms with Crippen LogP contribution in [0.15, 0.2) is 42.5 Å². The molecule has 0 aliphatic heterocycles. The van der Waals surface area contributed by atoms with E-state index in [1.807, 2.05) is 31.3 Å². The number of hydrogen-bond acceptors (Lipinski definition) is 4. The number of nitro groups is 1.